The van der Waals surface area contributed by atoms with Crippen molar-refractivity contribution in [3.8, 4) is 5.75 Å². The van der Waals surface area contributed by atoms with E-state index in [1.807, 2.05) is 36.1 Å². The average molecular weight is 443 g/mol. The van der Waals surface area contributed by atoms with E-state index in [0.717, 1.165) is 31.2 Å². The van der Waals surface area contributed by atoms with Gasteiger partial charge in [0.25, 0.3) is 5.91 Å². The van der Waals surface area contributed by atoms with Crippen LogP contribution in [-0.2, 0) is 10.0 Å². The molecule has 2 aliphatic rings. The highest BCUT2D eigenvalue weighted by atomic mass is 32.2. The van der Waals surface area contributed by atoms with Crippen LogP contribution in [0.4, 0.5) is 0 Å². The third-order valence-corrected chi connectivity index (χ3v) is 7.60. The standard InChI is InChI=1S/C24H30N2O4S/c1-18-11-13-21(14-12-18)31(28,29)25-16-19-6-5-15-26(17-19)24(27)22-9-2-3-10-23(22)30-20-7-4-8-20/h2-3,9-14,19-20,25H,4-8,15-17H2,1H3. The summed E-state index contributed by atoms with van der Waals surface area (Å²) in [5.74, 6) is 0.693. The van der Waals surface area contributed by atoms with Crippen molar-refractivity contribution in [1.82, 2.24) is 9.62 Å². The van der Waals surface area contributed by atoms with E-state index in [1.54, 1.807) is 24.3 Å². The number of aryl methyl sites for hydroxylation is 1. The lowest BCUT2D eigenvalue weighted by Crippen LogP contribution is -2.43. The average Bonchev–Trinajstić information content (AvgIpc) is 2.75. The summed E-state index contributed by atoms with van der Waals surface area (Å²) in [6, 6.07) is 14.3. The predicted octanol–water partition coefficient (Wildman–Crippen LogP) is 3.76. The normalized spacial score (nSPS) is 19.6. The molecule has 2 fully saturated rings. The highest BCUT2D eigenvalue weighted by molar-refractivity contribution is 7.89. The molecule has 1 N–H and O–H groups in total. The zero-order chi connectivity index (χ0) is 21.8. The fourth-order valence-electron chi connectivity index (χ4n) is 4.03. The summed E-state index contributed by atoms with van der Waals surface area (Å²) in [7, 11) is -3.56. The molecule has 1 aliphatic heterocycles. The molecule has 4 rings (SSSR count). The summed E-state index contributed by atoms with van der Waals surface area (Å²) in [6.45, 7) is 3.46. The van der Waals surface area contributed by atoms with Crippen LogP contribution < -0.4 is 9.46 Å². The molecule has 2 aromatic carbocycles. The number of amides is 1. The lowest BCUT2D eigenvalue weighted by Gasteiger charge is -2.34. The molecule has 31 heavy (non-hydrogen) atoms. The van der Waals surface area contributed by atoms with Crippen LogP contribution in [-0.4, -0.2) is 45.0 Å². The molecule has 6 nitrogen and oxygen atoms in total. The summed E-state index contributed by atoms with van der Waals surface area (Å²) in [4.78, 5) is 15.3. The second-order valence-corrected chi connectivity index (χ2v) is 10.4. The second kappa shape index (κ2) is 9.40. The Kier molecular flexibility index (Phi) is 6.62. The quantitative estimate of drug-likeness (QED) is 0.709. The molecular formula is C24H30N2O4S. The van der Waals surface area contributed by atoms with Crippen molar-refractivity contribution in [2.45, 2.75) is 50.0 Å². The van der Waals surface area contributed by atoms with E-state index < -0.39 is 10.0 Å². The van der Waals surface area contributed by atoms with Gasteiger partial charge in [0.05, 0.1) is 16.6 Å². The van der Waals surface area contributed by atoms with Crippen molar-refractivity contribution in [1.29, 1.82) is 0 Å². The van der Waals surface area contributed by atoms with Gasteiger partial charge in [0, 0.05) is 19.6 Å². The summed E-state index contributed by atoms with van der Waals surface area (Å²) in [5.41, 5.74) is 1.61. The largest absolute Gasteiger partial charge is 0.490 e. The lowest BCUT2D eigenvalue weighted by molar-refractivity contribution is 0.0660. The van der Waals surface area contributed by atoms with Crippen LogP contribution in [0.3, 0.4) is 0 Å². The van der Waals surface area contributed by atoms with E-state index in [2.05, 4.69) is 4.72 Å². The van der Waals surface area contributed by atoms with Gasteiger partial charge in [0.1, 0.15) is 5.75 Å². The molecule has 0 aromatic heterocycles. The zero-order valence-corrected chi connectivity index (χ0v) is 18.7. The molecule has 1 saturated carbocycles. The number of ether oxygens (including phenoxy) is 1. The monoisotopic (exact) mass is 442 g/mol. The Bertz CT molecular complexity index is 1020. The number of nitrogens with zero attached hydrogens (tertiary/aromatic N) is 1. The minimum atomic E-state index is -3.56. The number of hydrogen-bond donors (Lipinski definition) is 1. The van der Waals surface area contributed by atoms with Gasteiger partial charge in [0.15, 0.2) is 0 Å². The minimum absolute atomic E-state index is 0.0407. The highest BCUT2D eigenvalue weighted by Gasteiger charge is 2.28. The van der Waals surface area contributed by atoms with Crippen LogP contribution in [0, 0.1) is 12.8 Å². The SMILES string of the molecule is Cc1ccc(S(=O)(=O)NCC2CCCN(C(=O)c3ccccc3OC3CCC3)C2)cc1. The second-order valence-electron chi connectivity index (χ2n) is 8.59. The first kappa shape index (κ1) is 21.8. The fourth-order valence-corrected chi connectivity index (χ4v) is 5.15. The van der Waals surface area contributed by atoms with Crippen molar-refractivity contribution >= 4 is 15.9 Å². The number of sulfonamides is 1. The Labute approximate surface area is 184 Å². The van der Waals surface area contributed by atoms with E-state index >= 15 is 0 Å². The summed E-state index contributed by atoms with van der Waals surface area (Å²) in [6.07, 6.45) is 5.20. The van der Waals surface area contributed by atoms with Crippen LogP contribution in [0.1, 0.15) is 48.0 Å². The first-order chi connectivity index (χ1) is 14.9. The molecule has 1 atom stereocenters. The van der Waals surface area contributed by atoms with E-state index in [4.69, 9.17) is 4.74 Å². The molecule has 0 bridgehead atoms. The van der Waals surface area contributed by atoms with Gasteiger partial charge in [-0.1, -0.05) is 29.8 Å². The number of benzene rings is 2. The van der Waals surface area contributed by atoms with E-state index in [1.165, 1.54) is 6.42 Å². The summed E-state index contributed by atoms with van der Waals surface area (Å²) in [5, 5.41) is 0. The topological polar surface area (TPSA) is 75.7 Å². The van der Waals surface area contributed by atoms with Gasteiger partial charge in [-0.05, 0) is 69.2 Å². The van der Waals surface area contributed by atoms with Gasteiger partial charge >= 0.3 is 0 Å². The predicted molar refractivity (Wildman–Crippen MR) is 120 cm³/mol. The smallest absolute Gasteiger partial charge is 0.257 e. The molecule has 1 heterocycles. The molecule has 166 valence electrons. The maximum atomic E-state index is 13.2. The molecule has 0 spiro atoms. The van der Waals surface area contributed by atoms with Crippen molar-refractivity contribution in [2.75, 3.05) is 19.6 Å². The molecule has 1 amide bonds. The summed E-state index contributed by atoms with van der Waals surface area (Å²) < 4.78 is 33.9. The van der Waals surface area contributed by atoms with Crippen LogP contribution in [0.5, 0.6) is 5.75 Å². The number of piperidine rings is 1. The van der Waals surface area contributed by atoms with Crippen LogP contribution in [0.25, 0.3) is 0 Å². The van der Waals surface area contributed by atoms with Crippen molar-refractivity contribution in [2.24, 2.45) is 5.92 Å². The van der Waals surface area contributed by atoms with Gasteiger partial charge < -0.3 is 9.64 Å². The first-order valence-corrected chi connectivity index (χ1v) is 12.5. The van der Waals surface area contributed by atoms with Gasteiger partial charge in [-0.15, -0.1) is 0 Å². The number of hydrogen-bond acceptors (Lipinski definition) is 4. The number of likely N-dealkylation sites (tertiary alicyclic amines) is 1. The maximum Gasteiger partial charge on any atom is 0.257 e. The van der Waals surface area contributed by atoms with Crippen LogP contribution in [0.2, 0.25) is 0 Å². The van der Waals surface area contributed by atoms with E-state index in [9.17, 15) is 13.2 Å². The van der Waals surface area contributed by atoms with Crippen LogP contribution >= 0.6 is 0 Å². The fraction of sp³-hybridized carbons (Fsp3) is 0.458. The van der Waals surface area contributed by atoms with Gasteiger partial charge in [0.2, 0.25) is 10.0 Å². The Balaban J connectivity index is 1.38. The highest BCUT2D eigenvalue weighted by Crippen LogP contribution is 2.29. The number of carbonyl (C=O) groups excluding carboxylic acids is 1. The summed E-state index contributed by atoms with van der Waals surface area (Å²) >= 11 is 0. The van der Waals surface area contributed by atoms with Gasteiger partial charge in [-0.3, -0.25) is 4.79 Å². The van der Waals surface area contributed by atoms with Crippen molar-refractivity contribution < 1.29 is 17.9 Å². The molecule has 1 aliphatic carbocycles. The molecule has 0 radical (unpaired) electrons. The molecular weight excluding hydrogens is 412 g/mol. The van der Waals surface area contributed by atoms with E-state index in [0.29, 0.717) is 30.9 Å². The Hall–Kier alpha value is -2.38. The van der Waals surface area contributed by atoms with Crippen molar-refractivity contribution in [3.63, 3.8) is 0 Å². The Morgan fingerprint density at radius 1 is 1.06 bits per heavy atom. The lowest BCUT2D eigenvalue weighted by atomic mass is 9.96. The van der Waals surface area contributed by atoms with Crippen molar-refractivity contribution in [3.05, 3.63) is 59.7 Å². The Morgan fingerprint density at radius 2 is 1.81 bits per heavy atom. The third kappa shape index (κ3) is 5.28. The van der Waals surface area contributed by atoms with Gasteiger partial charge in [-0.2, -0.15) is 0 Å². The van der Waals surface area contributed by atoms with E-state index in [-0.39, 0.29) is 22.8 Å². The molecule has 1 saturated heterocycles. The molecule has 2 aromatic rings. The van der Waals surface area contributed by atoms with Crippen LogP contribution in [0.15, 0.2) is 53.4 Å². The number of para-hydroxylation sites is 1. The molecule has 1 unspecified atom stereocenters. The Morgan fingerprint density at radius 3 is 2.52 bits per heavy atom. The third-order valence-electron chi connectivity index (χ3n) is 6.16. The first-order valence-electron chi connectivity index (χ1n) is 11.0. The minimum Gasteiger partial charge on any atom is -0.490 e. The maximum absolute atomic E-state index is 13.2. The zero-order valence-electron chi connectivity index (χ0n) is 17.9. The number of nitrogens with one attached hydrogen (secondary N) is 1. The number of rotatable bonds is 7. The number of carbonyl (C=O) groups is 1. The van der Waals surface area contributed by atoms with Gasteiger partial charge in [-0.25, -0.2) is 13.1 Å². The molecule has 7 heteroatoms.